The van der Waals surface area contributed by atoms with Crippen molar-refractivity contribution in [2.24, 2.45) is 5.73 Å². The normalized spacial score (nSPS) is 10.6. The highest BCUT2D eigenvalue weighted by atomic mass is 35.5. The molecule has 0 aromatic heterocycles. The van der Waals surface area contributed by atoms with Gasteiger partial charge in [0.15, 0.2) is 0 Å². The molecule has 1 aromatic rings. The Morgan fingerprint density at radius 3 is 2.94 bits per heavy atom. The molecule has 0 fully saturated rings. The van der Waals surface area contributed by atoms with E-state index < -0.39 is 0 Å². The molecule has 1 amide bonds. The van der Waals surface area contributed by atoms with Crippen LogP contribution in [0.4, 0.5) is 5.69 Å². The lowest BCUT2D eigenvalue weighted by Crippen LogP contribution is -2.31. The highest BCUT2D eigenvalue weighted by Crippen LogP contribution is 2.14. The maximum Gasteiger partial charge on any atom is 0.238 e. The second kappa shape index (κ2) is 7.27. The number of carbonyl (C=O) groups excluding carboxylic acids is 1. The second-order valence-corrected chi connectivity index (χ2v) is 4.37. The van der Waals surface area contributed by atoms with E-state index in [2.05, 4.69) is 5.32 Å². The minimum absolute atomic E-state index is 0.0493. The van der Waals surface area contributed by atoms with Crippen molar-refractivity contribution in [3.63, 3.8) is 0 Å². The van der Waals surface area contributed by atoms with Gasteiger partial charge in [-0.3, -0.25) is 9.69 Å². The van der Waals surface area contributed by atoms with E-state index in [-0.39, 0.29) is 5.91 Å². The van der Waals surface area contributed by atoms with Gasteiger partial charge in [0.25, 0.3) is 0 Å². The number of benzene rings is 1. The van der Waals surface area contributed by atoms with Crippen LogP contribution in [0.2, 0.25) is 5.02 Å². The van der Waals surface area contributed by atoms with E-state index in [1.807, 2.05) is 18.0 Å². The summed E-state index contributed by atoms with van der Waals surface area (Å²) in [7, 11) is 1.90. The van der Waals surface area contributed by atoms with E-state index in [9.17, 15) is 4.79 Å². The minimum atomic E-state index is -0.0493. The van der Waals surface area contributed by atoms with Crippen LogP contribution in [0.5, 0.6) is 0 Å². The molecule has 5 heteroatoms. The van der Waals surface area contributed by atoms with Crippen molar-refractivity contribution < 1.29 is 4.79 Å². The fourth-order valence-corrected chi connectivity index (χ4v) is 1.64. The zero-order chi connectivity index (χ0) is 12.7. The monoisotopic (exact) mass is 255 g/mol. The molecule has 0 atom stereocenters. The molecule has 0 unspecified atom stereocenters. The summed E-state index contributed by atoms with van der Waals surface area (Å²) in [5, 5.41) is 3.40. The van der Waals surface area contributed by atoms with Crippen molar-refractivity contribution in [3.8, 4) is 0 Å². The van der Waals surface area contributed by atoms with Crippen LogP contribution in [0, 0.1) is 0 Å². The zero-order valence-corrected chi connectivity index (χ0v) is 10.7. The first-order valence-electron chi connectivity index (χ1n) is 5.56. The van der Waals surface area contributed by atoms with Crippen molar-refractivity contribution in [1.29, 1.82) is 0 Å². The van der Waals surface area contributed by atoms with Crippen LogP contribution < -0.4 is 11.1 Å². The Labute approximate surface area is 107 Å². The number of likely N-dealkylation sites (N-methyl/N-ethyl adjacent to an activating group) is 1. The first-order valence-corrected chi connectivity index (χ1v) is 5.93. The molecule has 0 radical (unpaired) electrons. The smallest absolute Gasteiger partial charge is 0.238 e. The first kappa shape index (κ1) is 14.0. The topological polar surface area (TPSA) is 58.4 Å². The van der Waals surface area contributed by atoms with E-state index in [1.54, 1.807) is 18.2 Å². The van der Waals surface area contributed by atoms with Crippen molar-refractivity contribution in [3.05, 3.63) is 29.3 Å². The number of nitrogens with two attached hydrogens (primary N) is 1. The molecule has 0 aliphatic heterocycles. The molecule has 0 aliphatic rings. The van der Waals surface area contributed by atoms with Crippen LogP contribution in [-0.2, 0) is 4.79 Å². The molecule has 0 bridgehead atoms. The molecule has 0 heterocycles. The van der Waals surface area contributed by atoms with Crippen molar-refractivity contribution in [1.82, 2.24) is 4.90 Å². The van der Waals surface area contributed by atoms with Gasteiger partial charge in [0.1, 0.15) is 0 Å². The molecule has 4 nitrogen and oxygen atoms in total. The highest BCUT2D eigenvalue weighted by Gasteiger charge is 2.06. The lowest BCUT2D eigenvalue weighted by Gasteiger charge is -2.15. The number of nitrogens with one attached hydrogen (secondary N) is 1. The van der Waals surface area contributed by atoms with Crippen molar-refractivity contribution in [2.45, 2.75) is 6.42 Å². The van der Waals surface area contributed by atoms with Gasteiger partial charge in [0, 0.05) is 10.7 Å². The van der Waals surface area contributed by atoms with Crippen molar-refractivity contribution in [2.75, 3.05) is 32.0 Å². The Morgan fingerprint density at radius 2 is 2.29 bits per heavy atom. The maximum absolute atomic E-state index is 11.7. The Hall–Kier alpha value is -1.10. The molecular weight excluding hydrogens is 238 g/mol. The van der Waals surface area contributed by atoms with Gasteiger partial charge in [-0.05, 0) is 44.8 Å². The summed E-state index contributed by atoms with van der Waals surface area (Å²) in [6, 6.07) is 7.10. The van der Waals surface area contributed by atoms with Gasteiger partial charge in [0.05, 0.1) is 6.54 Å². The number of hydrogen-bond acceptors (Lipinski definition) is 3. The summed E-state index contributed by atoms with van der Waals surface area (Å²) in [6.45, 7) is 1.81. The summed E-state index contributed by atoms with van der Waals surface area (Å²) < 4.78 is 0. The third-order valence-electron chi connectivity index (χ3n) is 2.27. The van der Waals surface area contributed by atoms with Gasteiger partial charge < -0.3 is 11.1 Å². The molecule has 1 rings (SSSR count). The molecule has 0 saturated heterocycles. The second-order valence-electron chi connectivity index (χ2n) is 3.94. The average molecular weight is 256 g/mol. The molecule has 1 aromatic carbocycles. The summed E-state index contributed by atoms with van der Waals surface area (Å²) in [5.74, 6) is -0.0493. The largest absolute Gasteiger partial charge is 0.330 e. The number of carbonyl (C=O) groups is 1. The average Bonchev–Trinajstić information content (AvgIpc) is 2.26. The Bertz CT molecular complexity index is 371. The van der Waals surface area contributed by atoms with Crippen LogP contribution in [0.3, 0.4) is 0 Å². The summed E-state index contributed by atoms with van der Waals surface area (Å²) >= 11 is 5.83. The van der Waals surface area contributed by atoms with Gasteiger partial charge in [-0.1, -0.05) is 17.7 Å². The molecule has 0 aliphatic carbocycles. The Morgan fingerprint density at radius 1 is 1.53 bits per heavy atom. The number of rotatable bonds is 6. The standard InChI is InChI=1S/C12H18ClN3O/c1-16(7-3-6-14)9-12(17)15-11-5-2-4-10(13)8-11/h2,4-5,8H,3,6-7,9,14H2,1H3,(H,15,17). The number of amides is 1. The van der Waals surface area contributed by atoms with Crippen molar-refractivity contribution >= 4 is 23.2 Å². The van der Waals surface area contributed by atoms with Crippen LogP contribution in [0.25, 0.3) is 0 Å². The van der Waals surface area contributed by atoms with Crippen LogP contribution >= 0.6 is 11.6 Å². The van der Waals surface area contributed by atoms with E-state index in [0.29, 0.717) is 18.1 Å². The number of halogens is 1. The van der Waals surface area contributed by atoms with E-state index in [1.165, 1.54) is 0 Å². The van der Waals surface area contributed by atoms with E-state index in [0.717, 1.165) is 18.7 Å². The lowest BCUT2D eigenvalue weighted by atomic mass is 10.3. The van der Waals surface area contributed by atoms with Crippen LogP contribution in [-0.4, -0.2) is 37.5 Å². The third kappa shape index (κ3) is 5.68. The molecule has 17 heavy (non-hydrogen) atoms. The molecule has 3 N–H and O–H groups in total. The predicted molar refractivity (Wildman–Crippen MR) is 71.3 cm³/mol. The quantitative estimate of drug-likeness (QED) is 0.811. The van der Waals surface area contributed by atoms with Gasteiger partial charge in [0.2, 0.25) is 5.91 Å². The van der Waals surface area contributed by atoms with E-state index in [4.69, 9.17) is 17.3 Å². The fourth-order valence-electron chi connectivity index (χ4n) is 1.45. The number of anilines is 1. The van der Waals surface area contributed by atoms with Crippen LogP contribution in [0.15, 0.2) is 24.3 Å². The molecular formula is C12H18ClN3O. The minimum Gasteiger partial charge on any atom is -0.330 e. The van der Waals surface area contributed by atoms with Gasteiger partial charge >= 0.3 is 0 Å². The SMILES string of the molecule is CN(CCCN)CC(=O)Nc1cccc(Cl)c1. The summed E-state index contributed by atoms with van der Waals surface area (Å²) in [4.78, 5) is 13.6. The van der Waals surface area contributed by atoms with Gasteiger partial charge in [-0.25, -0.2) is 0 Å². The lowest BCUT2D eigenvalue weighted by molar-refractivity contribution is -0.117. The van der Waals surface area contributed by atoms with E-state index >= 15 is 0 Å². The summed E-state index contributed by atoms with van der Waals surface area (Å²) in [5.41, 5.74) is 6.12. The summed E-state index contributed by atoms with van der Waals surface area (Å²) in [6.07, 6.45) is 0.890. The number of hydrogen-bond donors (Lipinski definition) is 2. The highest BCUT2D eigenvalue weighted by molar-refractivity contribution is 6.30. The third-order valence-corrected chi connectivity index (χ3v) is 2.50. The predicted octanol–water partition coefficient (Wildman–Crippen LogP) is 1.56. The van der Waals surface area contributed by atoms with Gasteiger partial charge in [-0.2, -0.15) is 0 Å². The number of nitrogens with zero attached hydrogens (tertiary/aromatic N) is 1. The molecule has 0 spiro atoms. The fraction of sp³-hybridized carbons (Fsp3) is 0.417. The molecule has 94 valence electrons. The first-order chi connectivity index (χ1) is 8.11. The zero-order valence-electron chi connectivity index (χ0n) is 9.95. The Kier molecular flexibility index (Phi) is 5.97. The maximum atomic E-state index is 11.7. The van der Waals surface area contributed by atoms with Gasteiger partial charge in [-0.15, -0.1) is 0 Å². The Balaban J connectivity index is 2.39. The van der Waals surface area contributed by atoms with Crippen LogP contribution in [0.1, 0.15) is 6.42 Å². The molecule has 0 saturated carbocycles.